The van der Waals surface area contributed by atoms with Crippen molar-refractivity contribution in [2.45, 2.75) is 38.0 Å². The highest BCUT2D eigenvalue weighted by molar-refractivity contribution is 7.15. The number of thiazole rings is 1. The third kappa shape index (κ3) is 5.24. The maximum Gasteiger partial charge on any atom is 0.433 e. The van der Waals surface area contributed by atoms with Crippen LogP contribution in [0.4, 0.5) is 24.8 Å². The van der Waals surface area contributed by atoms with E-state index in [1.165, 1.54) is 11.3 Å². The molecule has 1 amide bonds. The maximum atomic E-state index is 13.1. The lowest BCUT2D eigenvalue weighted by Gasteiger charge is -2.37. The summed E-state index contributed by atoms with van der Waals surface area (Å²) in [4.78, 5) is 24.5. The Labute approximate surface area is 219 Å². The lowest BCUT2D eigenvalue weighted by atomic mass is 9.72. The third-order valence-corrected chi connectivity index (χ3v) is 7.98. The topological polar surface area (TPSA) is 143 Å². The first-order chi connectivity index (χ1) is 18.0. The number of aromatic amines is 1. The molecule has 1 aliphatic carbocycles. The Kier molecular flexibility index (Phi) is 6.65. The molecule has 1 saturated carbocycles. The van der Waals surface area contributed by atoms with E-state index in [1.807, 2.05) is 13.0 Å². The normalized spacial score (nSPS) is 21.8. The van der Waals surface area contributed by atoms with Crippen LogP contribution in [0.3, 0.4) is 0 Å². The van der Waals surface area contributed by atoms with Crippen molar-refractivity contribution < 1.29 is 23.1 Å². The number of carbonyl (C=O) groups excluding carboxylic acids is 1. The number of hydrogen-bond donors (Lipinski definition) is 4. The number of anilines is 2. The van der Waals surface area contributed by atoms with E-state index >= 15 is 0 Å². The number of carbonyl (C=O) groups is 1. The number of rotatable bonds is 6. The summed E-state index contributed by atoms with van der Waals surface area (Å²) in [6.07, 6.45) is 2.63. The summed E-state index contributed by atoms with van der Waals surface area (Å²) in [7, 11) is 0. The predicted molar refractivity (Wildman–Crippen MR) is 135 cm³/mol. The van der Waals surface area contributed by atoms with Crippen LogP contribution in [0, 0.1) is 11.8 Å². The van der Waals surface area contributed by atoms with Crippen molar-refractivity contribution in [3.8, 4) is 21.6 Å². The van der Waals surface area contributed by atoms with Crippen molar-refractivity contribution in [1.29, 1.82) is 0 Å². The summed E-state index contributed by atoms with van der Waals surface area (Å²) in [6, 6.07) is 6.21. The van der Waals surface area contributed by atoms with Crippen molar-refractivity contribution in [1.82, 2.24) is 25.1 Å². The van der Waals surface area contributed by atoms with Gasteiger partial charge in [0.25, 0.3) is 0 Å². The molecule has 3 aromatic heterocycles. The van der Waals surface area contributed by atoms with E-state index in [1.54, 1.807) is 30.7 Å². The number of nitrogens with two attached hydrogens (primary N) is 1. The largest absolute Gasteiger partial charge is 0.433 e. The molecule has 198 valence electrons. The average Bonchev–Trinajstić information content (AvgIpc) is 3.56. The van der Waals surface area contributed by atoms with Gasteiger partial charge in [-0.3, -0.25) is 9.89 Å². The molecular weight excluding hydrogens is 519 g/mol. The molecule has 0 radical (unpaired) electrons. The molecule has 4 aromatic rings. The number of benzene rings is 1. The van der Waals surface area contributed by atoms with Crippen molar-refractivity contribution in [3.05, 3.63) is 59.8 Å². The van der Waals surface area contributed by atoms with Gasteiger partial charge in [0.15, 0.2) is 0 Å². The molecule has 13 heteroatoms. The molecule has 0 aliphatic heterocycles. The lowest BCUT2D eigenvalue weighted by Crippen LogP contribution is -2.40. The number of hydrogen-bond acceptors (Lipinski definition) is 8. The molecule has 0 spiro atoms. The Morgan fingerprint density at radius 1 is 1.21 bits per heavy atom. The first kappa shape index (κ1) is 25.8. The number of primary amides is 1. The highest BCUT2D eigenvalue weighted by atomic mass is 32.1. The fourth-order valence-electron chi connectivity index (χ4n) is 4.82. The quantitative estimate of drug-likeness (QED) is 0.272. The van der Waals surface area contributed by atoms with Crippen LogP contribution >= 0.6 is 11.3 Å². The number of aliphatic hydroxyl groups is 1. The summed E-state index contributed by atoms with van der Waals surface area (Å²) < 4.78 is 39.4. The molecule has 0 saturated heterocycles. The highest BCUT2D eigenvalue weighted by Gasteiger charge is 2.42. The van der Waals surface area contributed by atoms with Crippen LogP contribution in [0.5, 0.6) is 0 Å². The van der Waals surface area contributed by atoms with Gasteiger partial charge >= 0.3 is 6.18 Å². The Morgan fingerprint density at radius 2 is 2.00 bits per heavy atom. The zero-order valence-electron chi connectivity index (χ0n) is 20.2. The molecule has 1 fully saturated rings. The Morgan fingerprint density at radius 3 is 2.68 bits per heavy atom. The number of nitrogens with one attached hydrogen (secondary N) is 2. The van der Waals surface area contributed by atoms with E-state index in [0.29, 0.717) is 30.0 Å². The molecule has 9 nitrogen and oxygen atoms in total. The molecule has 1 aliphatic rings. The van der Waals surface area contributed by atoms with E-state index in [2.05, 4.69) is 30.5 Å². The lowest BCUT2D eigenvalue weighted by molar-refractivity contribution is -0.141. The van der Waals surface area contributed by atoms with Gasteiger partial charge in [-0.2, -0.15) is 18.3 Å². The fourth-order valence-corrected chi connectivity index (χ4v) is 5.85. The molecule has 0 bridgehead atoms. The molecule has 3 heterocycles. The van der Waals surface area contributed by atoms with Gasteiger partial charge in [-0.1, -0.05) is 6.92 Å². The molecule has 1 unspecified atom stereocenters. The van der Waals surface area contributed by atoms with Gasteiger partial charge in [0.2, 0.25) is 11.9 Å². The zero-order valence-corrected chi connectivity index (χ0v) is 21.0. The standard InChI is InChI=1S/C25H24F3N7O2S/c1-13-9-24(37,4-2-18(13)21(29)36)22-31-12-19(38-22)15-6-14(16-10-32-33-11-16)7-17(8-15)34-23-30-5-3-20(35-23)25(26,27)28/h3,5-8,10-13,18,37H,2,4,9H2,1H3,(H2,29,36)(H,32,33)(H,30,34,35)/t13-,18?,24-/m0/s1. The van der Waals surface area contributed by atoms with Crippen molar-refractivity contribution in [2.24, 2.45) is 17.6 Å². The molecule has 5 N–H and O–H groups in total. The number of nitrogens with zero attached hydrogens (tertiary/aromatic N) is 4. The van der Waals surface area contributed by atoms with Crippen molar-refractivity contribution in [2.75, 3.05) is 5.32 Å². The Bertz CT molecular complexity index is 1460. The van der Waals surface area contributed by atoms with E-state index < -0.39 is 17.5 Å². The van der Waals surface area contributed by atoms with Gasteiger partial charge in [-0.25, -0.2) is 15.0 Å². The highest BCUT2D eigenvalue weighted by Crippen LogP contribution is 2.45. The van der Waals surface area contributed by atoms with Crippen LogP contribution in [-0.4, -0.2) is 36.2 Å². The van der Waals surface area contributed by atoms with E-state index in [9.17, 15) is 23.1 Å². The van der Waals surface area contributed by atoms with Crippen LogP contribution in [-0.2, 0) is 16.6 Å². The minimum atomic E-state index is -4.60. The predicted octanol–water partition coefficient (Wildman–Crippen LogP) is 4.86. The molecule has 38 heavy (non-hydrogen) atoms. The zero-order chi connectivity index (χ0) is 27.1. The molecular formula is C25H24F3N7O2S. The minimum Gasteiger partial charge on any atom is -0.383 e. The second-order valence-electron chi connectivity index (χ2n) is 9.46. The smallest absolute Gasteiger partial charge is 0.383 e. The van der Waals surface area contributed by atoms with Crippen molar-refractivity contribution in [3.63, 3.8) is 0 Å². The van der Waals surface area contributed by atoms with Gasteiger partial charge in [-0.05, 0) is 60.6 Å². The number of amides is 1. The van der Waals surface area contributed by atoms with E-state index in [0.717, 1.165) is 33.8 Å². The van der Waals surface area contributed by atoms with Crippen LogP contribution in [0.1, 0.15) is 36.9 Å². The Hall–Kier alpha value is -3.84. The Balaban J connectivity index is 1.48. The van der Waals surface area contributed by atoms with Crippen LogP contribution in [0.25, 0.3) is 21.6 Å². The van der Waals surface area contributed by atoms with Crippen molar-refractivity contribution >= 4 is 28.9 Å². The van der Waals surface area contributed by atoms with E-state index in [-0.39, 0.29) is 23.7 Å². The SMILES string of the molecule is C[C@H]1C[C@](O)(c2ncc(-c3cc(Nc4nccc(C(F)(F)F)n4)cc(-c4cn[nH]c4)c3)s2)CCC1C(N)=O. The summed E-state index contributed by atoms with van der Waals surface area (Å²) in [5, 5.41) is 21.5. The number of aromatic nitrogens is 5. The number of H-pyrrole nitrogens is 1. The molecule has 3 atom stereocenters. The number of alkyl halides is 3. The monoisotopic (exact) mass is 543 g/mol. The van der Waals surface area contributed by atoms with Gasteiger partial charge in [0, 0.05) is 35.8 Å². The number of halogens is 3. The maximum absolute atomic E-state index is 13.1. The van der Waals surface area contributed by atoms with Gasteiger partial charge in [0.1, 0.15) is 16.3 Å². The van der Waals surface area contributed by atoms with Gasteiger partial charge in [0.05, 0.1) is 11.1 Å². The second-order valence-corrected chi connectivity index (χ2v) is 10.5. The average molecular weight is 544 g/mol. The van der Waals surface area contributed by atoms with Crippen LogP contribution in [0.2, 0.25) is 0 Å². The molecule has 1 aromatic carbocycles. The van der Waals surface area contributed by atoms with E-state index in [4.69, 9.17) is 5.73 Å². The third-order valence-electron chi connectivity index (χ3n) is 6.74. The summed E-state index contributed by atoms with van der Waals surface area (Å²) in [6.45, 7) is 1.90. The first-order valence-corrected chi connectivity index (χ1v) is 12.6. The summed E-state index contributed by atoms with van der Waals surface area (Å²) >= 11 is 1.32. The summed E-state index contributed by atoms with van der Waals surface area (Å²) in [5.41, 5.74) is 5.97. The van der Waals surface area contributed by atoms with Crippen LogP contribution in [0.15, 0.2) is 49.1 Å². The summed E-state index contributed by atoms with van der Waals surface area (Å²) in [5.74, 6) is -0.936. The second kappa shape index (κ2) is 9.80. The van der Waals surface area contributed by atoms with Gasteiger partial charge in [-0.15, -0.1) is 11.3 Å². The fraction of sp³-hybridized carbons (Fsp3) is 0.320. The van der Waals surface area contributed by atoms with Gasteiger partial charge < -0.3 is 16.2 Å². The molecule has 5 rings (SSSR count). The van der Waals surface area contributed by atoms with Crippen LogP contribution < -0.4 is 11.1 Å². The minimum absolute atomic E-state index is 0.0914. The first-order valence-electron chi connectivity index (χ1n) is 11.8.